The molecule has 1 aliphatic rings. The lowest BCUT2D eigenvalue weighted by molar-refractivity contribution is -0.131. The number of rotatable bonds is 3. The van der Waals surface area contributed by atoms with E-state index >= 15 is 0 Å². The zero-order valence-electron chi connectivity index (χ0n) is 9.64. The molecule has 1 aliphatic carbocycles. The molecule has 1 aromatic heterocycles. The summed E-state index contributed by atoms with van der Waals surface area (Å²) in [5, 5.41) is 0. The van der Waals surface area contributed by atoms with E-state index < -0.39 is 0 Å². The number of hydrogen-bond acceptors (Lipinski definition) is 2. The molecule has 0 aliphatic heterocycles. The van der Waals surface area contributed by atoms with Gasteiger partial charge in [-0.15, -0.1) is 0 Å². The molecule has 0 unspecified atom stereocenters. The van der Waals surface area contributed by atoms with Gasteiger partial charge in [-0.05, 0) is 25.8 Å². The molecule has 4 heteroatoms. The number of pyridine rings is 1. The number of carbonyl (C=O) groups excluding carboxylic acids is 1. The van der Waals surface area contributed by atoms with Crippen LogP contribution in [0.4, 0.5) is 0 Å². The average Bonchev–Trinajstić information content (AvgIpc) is 3.07. The molecular formula is C12H16N2O2. The van der Waals surface area contributed by atoms with Gasteiger partial charge in [0.05, 0.1) is 0 Å². The summed E-state index contributed by atoms with van der Waals surface area (Å²) in [7, 11) is 1.81. The van der Waals surface area contributed by atoms with Gasteiger partial charge >= 0.3 is 0 Å². The van der Waals surface area contributed by atoms with Crippen molar-refractivity contribution in [2.75, 3.05) is 7.05 Å². The van der Waals surface area contributed by atoms with Crippen LogP contribution in [0, 0.1) is 6.92 Å². The van der Waals surface area contributed by atoms with Gasteiger partial charge in [0, 0.05) is 24.8 Å². The van der Waals surface area contributed by atoms with Crippen LogP contribution in [-0.4, -0.2) is 28.5 Å². The van der Waals surface area contributed by atoms with E-state index in [0.717, 1.165) is 12.8 Å². The first kappa shape index (κ1) is 10.9. The second-order valence-corrected chi connectivity index (χ2v) is 4.36. The number of aromatic nitrogens is 1. The molecule has 0 N–H and O–H groups in total. The molecule has 1 amide bonds. The molecule has 0 bridgehead atoms. The van der Waals surface area contributed by atoms with Gasteiger partial charge in [-0.3, -0.25) is 9.59 Å². The summed E-state index contributed by atoms with van der Waals surface area (Å²) in [6, 6.07) is 3.95. The van der Waals surface area contributed by atoms with E-state index in [1.807, 2.05) is 0 Å². The van der Waals surface area contributed by atoms with Crippen LogP contribution >= 0.6 is 0 Å². The molecule has 1 fully saturated rings. The molecule has 1 aromatic rings. The Morgan fingerprint density at radius 1 is 1.56 bits per heavy atom. The molecule has 0 aromatic carbocycles. The summed E-state index contributed by atoms with van der Waals surface area (Å²) < 4.78 is 1.47. The van der Waals surface area contributed by atoms with Crippen LogP contribution in [0.5, 0.6) is 0 Å². The highest BCUT2D eigenvalue weighted by molar-refractivity contribution is 5.76. The Kier molecular flexibility index (Phi) is 2.81. The summed E-state index contributed by atoms with van der Waals surface area (Å²) in [5.74, 6) is 0.00944. The summed E-state index contributed by atoms with van der Waals surface area (Å²) in [6.07, 6.45) is 3.84. The van der Waals surface area contributed by atoms with Crippen LogP contribution in [0.2, 0.25) is 0 Å². The van der Waals surface area contributed by atoms with Crippen LogP contribution in [0.25, 0.3) is 0 Å². The maximum Gasteiger partial charge on any atom is 0.253 e. The maximum absolute atomic E-state index is 11.8. The minimum Gasteiger partial charge on any atom is -0.341 e. The molecule has 0 saturated heterocycles. The lowest BCUT2D eigenvalue weighted by Gasteiger charge is -2.16. The number of nitrogens with zero attached hydrogens (tertiary/aromatic N) is 2. The summed E-state index contributed by atoms with van der Waals surface area (Å²) >= 11 is 0. The Morgan fingerprint density at radius 3 is 2.88 bits per heavy atom. The van der Waals surface area contributed by atoms with E-state index in [2.05, 4.69) is 0 Å². The van der Waals surface area contributed by atoms with Gasteiger partial charge < -0.3 is 9.47 Å². The number of likely N-dealkylation sites (N-methyl/N-ethyl adjacent to an activating group) is 1. The molecule has 0 spiro atoms. The van der Waals surface area contributed by atoms with Gasteiger partial charge in [-0.1, -0.05) is 6.07 Å². The molecule has 0 radical (unpaired) electrons. The van der Waals surface area contributed by atoms with Gasteiger partial charge in [0.2, 0.25) is 5.91 Å². The van der Waals surface area contributed by atoms with Crippen molar-refractivity contribution >= 4 is 5.91 Å². The minimum atomic E-state index is -0.0833. The lowest BCUT2D eigenvalue weighted by atomic mass is 10.3. The fourth-order valence-electron chi connectivity index (χ4n) is 1.70. The van der Waals surface area contributed by atoms with Crippen molar-refractivity contribution in [3.05, 3.63) is 34.2 Å². The Morgan fingerprint density at radius 2 is 2.25 bits per heavy atom. The van der Waals surface area contributed by atoms with Crippen molar-refractivity contribution in [3.63, 3.8) is 0 Å². The Hall–Kier alpha value is -1.58. The first-order valence-corrected chi connectivity index (χ1v) is 5.51. The van der Waals surface area contributed by atoms with Gasteiger partial charge in [0.1, 0.15) is 6.54 Å². The van der Waals surface area contributed by atoms with E-state index in [1.165, 1.54) is 4.57 Å². The molecule has 4 nitrogen and oxygen atoms in total. The highest BCUT2D eigenvalue weighted by atomic mass is 16.2. The van der Waals surface area contributed by atoms with Crippen molar-refractivity contribution in [2.45, 2.75) is 32.4 Å². The predicted molar refractivity (Wildman–Crippen MR) is 61.2 cm³/mol. The van der Waals surface area contributed by atoms with E-state index in [0.29, 0.717) is 11.6 Å². The van der Waals surface area contributed by atoms with Gasteiger partial charge in [0.25, 0.3) is 5.56 Å². The van der Waals surface area contributed by atoms with Crippen molar-refractivity contribution in [1.82, 2.24) is 9.47 Å². The third-order valence-corrected chi connectivity index (χ3v) is 3.00. The van der Waals surface area contributed by atoms with Crippen molar-refractivity contribution in [3.8, 4) is 0 Å². The fourth-order valence-corrected chi connectivity index (χ4v) is 1.70. The number of carbonyl (C=O) groups is 1. The number of hydrogen-bond donors (Lipinski definition) is 0. The predicted octanol–water partition coefficient (Wildman–Crippen LogP) is 0.778. The fraction of sp³-hybridized carbons (Fsp3) is 0.500. The Labute approximate surface area is 94.5 Å². The number of aryl methyl sites for hydroxylation is 1. The molecule has 2 rings (SSSR count). The monoisotopic (exact) mass is 220 g/mol. The van der Waals surface area contributed by atoms with E-state index in [-0.39, 0.29) is 18.0 Å². The summed E-state index contributed by atoms with van der Waals surface area (Å²) in [6.45, 7) is 1.90. The van der Waals surface area contributed by atoms with Crippen LogP contribution < -0.4 is 5.56 Å². The summed E-state index contributed by atoms with van der Waals surface area (Å²) in [5.41, 5.74) is 0.587. The number of amides is 1. The van der Waals surface area contributed by atoms with Gasteiger partial charge in [0.15, 0.2) is 0 Å². The first-order chi connectivity index (χ1) is 7.59. The Bertz CT molecular complexity index is 460. The van der Waals surface area contributed by atoms with Gasteiger partial charge in [-0.2, -0.15) is 0 Å². The highest BCUT2D eigenvalue weighted by Crippen LogP contribution is 2.25. The highest BCUT2D eigenvalue weighted by Gasteiger charge is 2.29. The minimum absolute atomic E-state index is 0.00944. The SMILES string of the molecule is Cc1cccn(CC(=O)N(C)C2CC2)c1=O. The summed E-state index contributed by atoms with van der Waals surface area (Å²) in [4.78, 5) is 25.3. The topological polar surface area (TPSA) is 42.3 Å². The van der Waals surface area contributed by atoms with Crippen LogP contribution in [0.3, 0.4) is 0 Å². The smallest absolute Gasteiger partial charge is 0.253 e. The molecular weight excluding hydrogens is 204 g/mol. The van der Waals surface area contributed by atoms with E-state index in [1.54, 1.807) is 37.2 Å². The van der Waals surface area contributed by atoms with Crippen LogP contribution in [0.15, 0.2) is 23.1 Å². The molecule has 1 heterocycles. The van der Waals surface area contributed by atoms with Crippen molar-refractivity contribution in [2.24, 2.45) is 0 Å². The normalized spacial score (nSPS) is 14.9. The third-order valence-electron chi connectivity index (χ3n) is 3.00. The standard InChI is InChI=1S/C12H16N2O2/c1-9-4-3-7-14(12(9)16)8-11(15)13(2)10-5-6-10/h3-4,7,10H,5-6,8H2,1-2H3. The third kappa shape index (κ3) is 2.15. The first-order valence-electron chi connectivity index (χ1n) is 5.51. The maximum atomic E-state index is 11.8. The zero-order valence-corrected chi connectivity index (χ0v) is 9.64. The molecule has 1 saturated carbocycles. The van der Waals surface area contributed by atoms with Crippen LogP contribution in [-0.2, 0) is 11.3 Å². The quantitative estimate of drug-likeness (QED) is 0.755. The molecule has 86 valence electrons. The lowest BCUT2D eigenvalue weighted by Crippen LogP contribution is -2.35. The average molecular weight is 220 g/mol. The van der Waals surface area contributed by atoms with Crippen molar-refractivity contribution < 1.29 is 4.79 Å². The van der Waals surface area contributed by atoms with Gasteiger partial charge in [-0.25, -0.2) is 0 Å². The van der Waals surface area contributed by atoms with Crippen molar-refractivity contribution in [1.29, 1.82) is 0 Å². The molecule has 16 heavy (non-hydrogen) atoms. The van der Waals surface area contributed by atoms with E-state index in [4.69, 9.17) is 0 Å². The Balaban J connectivity index is 2.11. The second-order valence-electron chi connectivity index (χ2n) is 4.36. The second kappa shape index (κ2) is 4.12. The van der Waals surface area contributed by atoms with Crippen LogP contribution in [0.1, 0.15) is 18.4 Å². The largest absolute Gasteiger partial charge is 0.341 e. The van der Waals surface area contributed by atoms with E-state index in [9.17, 15) is 9.59 Å². The molecule has 0 atom stereocenters. The zero-order chi connectivity index (χ0) is 11.7.